The Morgan fingerprint density at radius 2 is 1.73 bits per heavy atom. The molecule has 0 bridgehead atoms. The van der Waals surface area contributed by atoms with Crippen molar-refractivity contribution in [1.82, 2.24) is 20.5 Å². The van der Waals surface area contributed by atoms with E-state index in [9.17, 15) is 29.4 Å². The third-order valence-corrected chi connectivity index (χ3v) is 7.47. The number of aromatic amines is 1. The van der Waals surface area contributed by atoms with Gasteiger partial charge in [-0.05, 0) is 42.2 Å². The maximum atomic E-state index is 13.7. The number of nitrogens with zero attached hydrogens (tertiary/aromatic N) is 1. The molecule has 40 heavy (non-hydrogen) atoms. The Morgan fingerprint density at radius 1 is 1.02 bits per heavy atom. The van der Waals surface area contributed by atoms with Gasteiger partial charge in [0, 0.05) is 42.2 Å². The van der Waals surface area contributed by atoms with E-state index in [4.69, 9.17) is 5.73 Å². The van der Waals surface area contributed by atoms with Crippen LogP contribution in [0.3, 0.4) is 0 Å². The van der Waals surface area contributed by atoms with E-state index < -0.39 is 47.9 Å². The van der Waals surface area contributed by atoms with Crippen LogP contribution in [0.15, 0.2) is 54.7 Å². The SMILES string of the molecule is NC(CS)C(=O)NC(Cc1ccc(O)cc1)C(=O)NC(Cc1c[nH]c2ccccc12)C(=O)N1CCCC1C(=O)O. The number of aromatic nitrogens is 1. The van der Waals surface area contributed by atoms with Crippen molar-refractivity contribution < 1.29 is 29.4 Å². The molecule has 3 amide bonds. The number of phenols is 1. The average molecular weight is 568 g/mol. The Kier molecular flexibility index (Phi) is 9.33. The first kappa shape index (κ1) is 29.0. The van der Waals surface area contributed by atoms with E-state index >= 15 is 0 Å². The molecular formula is C28H33N5O6S. The van der Waals surface area contributed by atoms with Crippen LogP contribution in [-0.4, -0.2) is 80.3 Å². The Balaban J connectivity index is 1.63. The Labute approximate surface area is 236 Å². The van der Waals surface area contributed by atoms with Gasteiger partial charge in [-0.25, -0.2) is 4.79 Å². The van der Waals surface area contributed by atoms with E-state index in [1.54, 1.807) is 18.3 Å². The Bertz CT molecular complexity index is 1380. The number of fused-ring (bicyclic) bond motifs is 1. The van der Waals surface area contributed by atoms with Crippen LogP contribution in [0.4, 0.5) is 0 Å². The van der Waals surface area contributed by atoms with Crippen molar-refractivity contribution in [1.29, 1.82) is 0 Å². The molecule has 2 aromatic carbocycles. The molecule has 0 aliphatic carbocycles. The maximum absolute atomic E-state index is 13.7. The average Bonchev–Trinajstić information content (AvgIpc) is 3.60. The van der Waals surface area contributed by atoms with Gasteiger partial charge in [0.1, 0.15) is 23.9 Å². The molecule has 4 rings (SSSR count). The molecule has 1 fully saturated rings. The molecule has 1 aromatic heterocycles. The number of aromatic hydroxyl groups is 1. The van der Waals surface area contributed by atoms with Crippen molar-refractivity contribution in [2.75, 3.05) is 12.3 Å². The van der Waals surface area contributed by atoms with Gasteiger partial charge in [-0.15, -0.1) is 0 Å². The molecule has 212 valence electrons. The van der Waals surface area contributed by atoms with Crippen LogP contribution in [0.5, 0.6) is 5.75 Å². The number of rotatable bonds is 11. The largest absolute Gasteiger partial charge is 0.508 e. The zero-order valence-corrected chi connectivity index (χ0v) is 22.6. The van der Waals surface area contributed by atoms with Gasteiger partial charge >= 0.3 is 5.97 Å². The Morgan fingerprint density at radius 3 is 2.42 bits per heavy atom. The number of phenolic OH excluding ortho intramolecular Hbond substituents is 1. The van der Waals surface area contributed by atoms with Gasteiger partial charge < -0.3 is 36.5 Å². The minimum atomic E-state index is -1.10. The molecule has 0 radical (unpaired) electrons. The lowest BCUT2D eigenvalue weighted by molar-refractivity contribution is -0.149. The lowest BCUT2D eigenvalue weighted by Gasteiger charge is -2.29. The molecule has 0 spiro atoms. The zero-order valence-electron chi connectivity index (χ0n) is 21.7. The predicted octanol–water partition coefficient (Wildman–Crippen LogP) is 0.961. The number of hydrogen-bond donors (Lipinski definition) is 7. The van der Waals surface area contributed by atoms with Crippen molar-refractivity contribution in [3.05, 3.63) is 65.9 Å². The van der Waals surface area contributed by atoms with Crippen molar-refractivity contribution in [2.45, 2.75) is 49.9 Å². The molecule has 7 N–H and O–H groups in total. The van der Waals surface area contributed by atoms with E-state index in [-0.39, 0.29) is 30.9 Å². The number of hydrogen-bond acceptors (Lipinski definition) is 7. The topological polar surface area (TPSA) is 178 Å². The number of thiol groups is 1. The summed E-state index contributed by atoms with van der Waals surface area (Å²) in [5.41, 5.74) is 8.11. The maximum Gasteiger partial charge on any atom is 0.326 e. The van der Waals surface area contributed by atoms with Crippen LogP contribution < -0.4 is 16.4 Å². The minimum Gasteiger partial charge on any atom is -0.508 e. The number of nitrogens with two attached hydrogens (primary N) is 1. The normalized spacial score (nSPS) is 17.2. The van der Waals surface area contributed by atoms with Gasteiger partial charge in [-0.2, -0.15) is 12.6 Å². The van der Waals surface area contributed by atoms with Crippen molar-refractivity contribution >= 4 is 47.2 Å². The molecular weight excluding hydrogens is 534 g/mol. The summed E-state index contributed by atoms with van der Waals surface area (Å²) in [5, 5.41) is 25.6. The second-order valence-electron chi connectivity index (χ2n) is 9.87. The number of amides is 3. The fourth-order valence-electron chi connectivity index (χ4n) is 4.92. The number of likely N-dealkylation sites (tertiary alicyclic amines) is 1. The molecule has 1 aliphatic heterocycles. The molecule has 4 atom stereocenters. The molecule has 11 nitrogen and oxygen atoms in total. The van der Waals surface area contributed by atoms with Gasteiger partial charge in [0.2, 0.25) is 17.7 Å². The number of H-pyrrole nitrogens is 1. The lowest BCUT2D eigenvalue weighted by atomic mass is 10.0. The summed E-state index contributed by atoms with van der Waals surface area (Å²) in [6, 6.07) is 9.58. The summed E-state index contributed by atoms with van der Waals surface area (Å²) >= 11 is 4.06. The van der Waals surface area contributed by atoms with Crippen LogP contribution >= 0.6 is 12.6 Å². The van der Waals surface area contributed by atoms with Crippen LogP contribution in [0.1, 0.15) is 24.0 Å². The fraction of sp³-hybridized carbons (Fsp3) is 0.357. The highest BCUT2D eigenvalue weighted by atomic mass is 32.1. The third-order valence-electron chi connectivity index (χ3n) is 7.08. The molecule has 3 aromatic rings. The van der Waals surface area contributed by atoms with Gasteiger partial charge in [-0.3, -0.25) is 14.4 Å². The lowest BCUT2D eigenvalue weighted by Crippen LogP contribution is -2.58. The summed E-state index contributed by atoms with van der Waals surface area (Å²) in [6.07, 6.45) is 2.80. The van der Waals surface area contributed by atoms with E-state index in [2.05, 4.69) is 28.2 Å². The summed E-state index contributed by atoms with van der Waals surface area (Å²) in [5.74, 6) is -2.71. The first-order chi connectivity index (χ1) is 19.2. The van der Waals surface area contributed by atoms with Crippen LogP contribution in [0.2, 0.25) is 0 Å². The predicted molar refractivity (Wildman–Crippen MR) is 152 cm³/mol. The summed E-state index contributed by atoms with van der Waals surface area (Å²) < 4.78 is 0. The number of carbonyl (C=O) groups excluding carboxylic acids is 3. The highest BCUT2D eigenvalue weighted by Gasteiger charge is 2.38. The van der Waals surface area contributed by atoms with Crippen LogP contribution in [-0.2, 0) is 32.0 Å². The summed E-state index contributed by atoms with van der Waals surface area (Å²) in [6.45, 7) is 0.264. The van der Waals surface area contributed by atoms with Crippen molar-refractivity contribution in [3.63, 3.8) is 0 Å². The fourth-order valence-corrected chi connectivity index (χ4v) is 5.08. The summed E-state index contributed by atoms with van der Waals surface area (Å²) in [7, 11) is 0. The van der Waals surface area contributed by atoms with E-state index in [1.807, 2.05) is 24.3 Å². The van der Waals surface area contributed by atoms with Gasteiger partial charge in [0.15, 0.2) is 0 Å². The van der Waals surface area contributed by atoms with E-state index in [0.29, 0.717) is 18.4 Å². The minimum absolute atomic E-state index is 0.0499. The van der Waals surface area contributed by atoms with Gasteiger partial charge in [0.05, 0.1) is 6.04 Å². The van der Waals surface area contributed by atoms with Crippen LogP contribution in [0.25, 0.3) is 10.9 Å². The second-order valence-corrected chi connectivity index (χ2v) is 10.2. The molecule has 1 aliphatic rings. The monoisotopic (exact) mass is 567 g/mol. The summed E-state index contributed by atoms with van der Waals surface area (Å²) in [4.78, 5) is 56.3. The first-order valence-electron chi connectivity index (χ1n) is 13.0. The molecule has 2 heterocycles. The third kappa shape index (κ3) is 6.75. The Hall–Kier alpha value is -4.03. The van der Waals surface area contributed by atoms with Crippen molar-refractivity contribution in [3.8, 4) is 5.75 Å². The number of carboxylic acids is 1. The van der Waals surface area contributed by atoms with E-state index in [1.165, 1.54) is 17.0 Å². The van der Waals surface area contributed by atoms with Gasteiger partial charge in [0.25, 0.3) is 0 Å². The smallest absolute Gasteiger partial charge is 0.326 e. The van der Waals surface area contributed by atoms with Crippen LogP contribution in [0, 0.1) is 0 Å². The number of aliphatic carboxylic acids is 1. The number of benzene rings is 2. The second kappa shape index (κ2) is 12.9. The molecule has 1 saturated heterocycles. The van der Waals surface area contributed by atoms with Gasteiger partial charge in [-0.1, -0.05) is 30.3 Å². The molecule has 0 saturated carbocycles. The highest BCUT2D eigenvalue weighted by Crippen LogP contribution is 2.23. The molecule has 4 unspecified atom stereocenters. The highest BCUT2D eigenvalue weighted by molar-refractivity contribution is 7.80. The van der Waals surface area contributed by atoms with Crippen molar-refractivity contribution in [2.24, 2.45) is 5.73 Å². The quantitative estimate of drug-likeness (QED) is 0.169. The number of nitrogens with one attached hydrogen (secondary N) is 3. The van der Waals surface area contributed by atoms with E-state index in [0.717, 1.165) is 16.5 Å². The first-order valence-corrected chi connectivity index (χ1v) is 13.6. The number of carboxylic acid groups (broad SMARTS) is 1. The standard InChI is InChI=1S/C28H33N5O6S/c29-20(15-40)25(35)31-22(12-16-7-9-18(34)10-8-16)26(36)32-23(27(37)33-11-3-6-24(33)28(38)39)13-17-14-30-21-5-2-1-4-19(17)21/h1-2,4-5,7-10,14,20,22-24,30,34,40H,3,6,11-13,15,29H2,(H,31,35)(H,32,36)(H,38,39). The zero-order chi connectivity index (χ0) is 28.8. The molecule has 12 heteroatoms. The number of para-hydroxylation sites is 1. The number of carbonyl (C=O) groups is 4.